The summed E-state index contributed by atoms with van der Waals surface area (Å²) in [5.41, 5.74) is 3.92. The molecule has 2 rings (SSSR count). The minimum atomic E-state index is 0.838. The highest BCUT2D eigenvalue weighted by Gasteiger charge is 2.05. The van der Waals surface area contributed by atoms with Crippen molar-refractivity contribution in [3.8, 4) is 0 Å². The number of aromatic nitrogens is 3. The lowest BCUT2D eigenvalue weighted by Crippen LogP contribution is -1.95. The van der Waals surface area contributed by atoms with Gasteiger partial charge in [-0.25, -0.2) is 4.98 Å². The van der Waals surface area contributed by atoms with Crippen molar-refractivity contribution in [2.45, 2.75) is 40.0 Å². The summed E-state index contributed by atoms with van der Waals surface area (Å²) in [5, 5.41) is 7.24. The van der Waals surface area contributed by atoms with Gasteiger partial charge in [0.2, 0.25) is 0 Å². The van der Waals surface area contributed by atoms with Crippen molar-refractivity contribution in [3.05, 3.63) is 46.5 Å². The zero-order valence-corrected chi connectivity index (χ0v) is 10.7. The third kappa shape index (κ3) is 2.93. The second-order valence-corrected chi connectivity index (χ2v) is 4.56. The van der Waals surface area contributed by atoms with Gasteiger partial charge in [-0.3, -0.25) is 5.10 Å². The van der Waals surface area contributed by atoms with Crippen molar-refractivity contribution >= 4 is 0 Å². The van der Waals surface area contributed by atoms with Gasteiger partial charge in [0.25, 0.3) is 0 Å². The zero-order chi connectivity index (χ0) is 12.3. The first-order valence-corrected chi connectivity index (χ1v) is 6.15. The molecular formula is C14H19N3. The normalized spacial score (nSPS) is 10.8. The van der Waals surface area contributed by atoms with Crippen molar-refractivity contribution < 1.29 is 0 Å². The molecule has 1 N–H and O–H groups in total. The molecule has 17 heavy (non-hydrogen) atoms. The number of rotatable bonds is 4. The Balaban J connectivity index is 2.16. The first kappa shape index (κ1) is 11.8. The van der Waals surface area contributed by atoms with Gasteiger partial charge in [-0.2, -0.15) is 5.10 Å². The zero-order valence-electron chi connectivity index (χ0n) is 10.7. The summed E-state index contributed by atoms with van der Waals surface area (Å²) in [6.45, 7) is 6.39. The average Bonchev–Trinajstić information content (AvgIpc) is 2.72. The quantitative estimate of drug-likeness (QED) is 0.875. The Labute approximate surface area is 102 Å². The Bertz CT molecular complexity index is 500. The largest absolute Gasteiger partial charge is 0.263 e. The number of nitrogens with zero attached hydrogens (tertiary/aromatic N) is 2. The molecule has 1 aromatic heterocycles. The van der Waals surface area contributed by atoms with E-state index in [-0.39, 0.29) is 0 Å². The fraction of sp³-hybridized carbons (Fsp3) is 0.429. The number of benzene rings is 1. The summed E-state index contributed by atoms with van der Waals surface area (Å²) in [6.07, 6.45) is 2.87. The van der Waals surface area contributed by atoms with E-state index in [1.54, 1.807) is 0 Å². The van der Waals surface area contributed by atoms with Gasteiger partial charge >= 0.3 is 0 Å². The molecule has 0 unspecified atom stereocenters. The Morgan fingerprint density at radius 3 is 2.82 bits per heavy atom. The molecule has 0 atom stereocenters. The minimum Gasteiger partial charge on any atom is -0.263 e. The van der Waals surface area contributed by atoms with E-state index in [9.17, 15) is 0 Å². The maximum absolute atomic E-state index is 4.50. The average molecular weight is 229 g/mol. The Morgan fingerprint density at radius 2 is 2.06 bits per heavy atom. The second kappa shape index (κ2) is 5.13. The van der Waals surface area contributed by atoms with E-state index in [4.69, 9.17) is 0 Å². The molecule has 3 heteroatoms. The molecule has 0 bridgehead atoms. The molecule has 0 saturated heterocycles. The summed E-state index contributed by atoms with van der Waals surface area (Å²) in [4.78, 5) is 4.50. The summed E-state index contributed by atoms with van der Waals surface area (Å²) < 4.78 is 0. The first-order valence-electron chi connectivity index (χ1n) is 6.15. The maximum atomic E-state index is 4.50. The van der Waals surface area contributed by atoms with Gasteiger partial charge in [-0.15, -0.1) is 0 Å². The fourth-order valence-electron chi connectivity index (χ4n) is 1.92. The first-order chi connectivity index (χ1) is 8.19. The van der Waals surface area contributed by atoms with Crippen molar-refractivity contribution in [3.63, 3.8) is 0 Å². The lowest BCUT2D eigenvalue weighted by molar-refractivity contribution is 0.841. The highest BCUT2D eigenvalue weighted by molar-refractivity contribution is 5.32. The van der Waals surface area contributed by atoms with E-state index in [0.717, 1.165) is 30.9 Å². The van der Waals surface area contributed by atoms with Crippen molar-refractivity contribution in [2.75, 3.05) is 0 Å². The highest BCUT2D eigenvalue weighted by Crippen LogP contribution is 2.13. The maximum Gasteiger partial charge on any atom is 0.150 e. The van der Waals surface area contributed by atoms with E-state index in [1.165, 1.54) is 16.7 Å². The van der Waals surface area contributed by atoms with Crippen LogP contribution in [-0.4, -0.2) is 15.2 Å². The highest BCUT2D eigenvalue weighted by atomic mass is 15.2. The van der Waals surface area contributed by atoms with Gasteiger partial charge < -0.3 is 0 Å². The van der Waals surface area contributed by atoms with Crippen LogP contribution in [0, 0.1) is 13.8 Å². The van der Waals surface area contributed by atoms with Crippen LogP contribution in [0.5, 0.6) is 0 Å². The molecule has 1 aromatic carbocycles. The molecule has 0 spiro atoms. The number of aryl methyl sites for hydroxylation is 3. The summed E-state index contributed by atoms with van der Waals surface area (Å²) in [5.74, 6) is 1.88. The van der Waals surface area contributed by atoms with Crippen molar-refractivity contribution in [2.24, 2.45) is 0 Å². The molecule has 0 aliphatic heterocycles. The van der Waals surface area contributed by atoms with Crippen LogP contribution in [0.3, 0.4) is 0 Å². The number of H-pyrrole nitrogens is 1. The van der Waals surface area contributed by atoms with Crippen LogP contribution in [0.15, 0.2) is 18.2 Å². The second-order valence-electron chi connectivity index (χ2n) is 4.56. The van der Waals surface area contributed by atoms with Gasteiger partial charge in [0.1, 0.15) is 5.82 Å². The third-order valence-corrected chi connectivity index (χ3v) is 2.91. The monoisotopic (exact) mass is 229 g/mol. The van der Waals surface area contributed by atoms with E-state index >= 15 is 0 Å². The summed E-state index contributed by atoms with van der Waals surface area (Å²) in [7, 11) is 0. The number of nitrogens with one attached hydrogen (secondary N) is 1. The molecule has 90 valence electrons. The van der Waals surface area contributed by atoms with Gasteiger partial charge in [0, 0.05) is 12.8 Å². The Morgan fingerprint density at radius 1 is 1.24 bits per heavy atom. The van der Waals surface area contributed by atoms with E-state index in [0.29, 0.717) is 0 Å². The number of aromatic amines is 1. The standard InChI is InChI=1S/C14H19N3/c1-4-5-13-15-14(17-16-13)9-12-8-10(2)6-7-11(12)3/h6-8H,4-5,9H2,1-3H3,(H,15,16,17). The molecule has 2 aromatic rings. The summed E-state index contributed by atoms with van der Waals surface area (Å²) in [6, 6.07) is 6.52. The van der Waals surface area contributed by atoms with E-state index in [2.05, 4.69) is 54.2 Å². The predicted molar refractivity (Wildman–Crippen MR) is 69.1 cm³/mol. The van der Waals surface area contributed by atoms with Crippen LogP contribution < -0.4 is 0 Å². The van der Waals surface area contributed by atoms with E-state index < -0.39 is 0 Å². The molecular weight excluding hydrogens is 210 g/mol. The van der Waals surface area contributed by atoms with Crippen molar-refractivity contribution in [1.29, 1.82) is 0 Å². The molecule has 0 radical (unpaired) electrons. The molecule has 0 aliphatic carbocycles. The number of hydrogen-bond acceptors (Lipinski definition) is 2. The van der Waals surface area contributed by atoms with Gasteiger partial charge in [0.05, 0.1) is 0 Å². The van der Waals surface area contributed by atoms with Crippen LogP contribution >= 0.6 is 0 Å². The van der Waals surface area contributed by atoms with Gasteiger partial charge in [-0.05, 0) is 31.4 Å². The van der Waals surface area contributed by atoms with E-state index in [1.807, 2.05) is 0 Å². The van der Waals surface area contributed by atoms with Gasteiger partial charge in [0.15, 0.2) is 5.82 Å². The SMILES string of the molecule is CCCc1n[nH]c(Cc2cc(C)ccc2C)n1. The third-order valence-electron chi connectivity index (χ3n) is 2.91. The van der Waals surface area contributed by atoms with Crippen molar-refractivity contribution in [1.82, 2.24) is 15.2 Å². The number of hydrogen-bond donors (Lipinski definition) is 1. The smallest absolute Gasteiger partial charge is 0.150 e. The van der Waals surface area contributed by atoms with Crippen LogP contribution in [0.2, 0.25) is 0 Å². The topological polar surface area (TPSA) is 41.6 Å². The van der Waals surface area contributed by atoms with Gasteiger partial charge in [-0.1, -0.05) is 30.7 Å². The molecule has 1 heterocycles. The predicted octanol–water partition coefficient (Wildman–Crippen LogP) is 2.96. The molecule has 0 aliphatic rings. The lowest BCUT2D eigenvalue weighted by atomic mass is 10.0. The Kier molecular flexibility index (Phi) is 3.57. The summed E-state index contributed by atoms with van der Waals surface area (Å²) >= 11 is 0. The van der Waals surface area contributed by atoms with Crippen LogP contribution in [0.25, 0.3) is 0 Å². The van der Waals surface area contributed by atoms with Crippen LogP contribution in [0.1, 0.15) is 41.7 Å². The lowest BCUT2D eigenvalue weighted by Gasteiger charge is -2.04. The molecule has 3 nitrogen and oxygen atoms in total. The Hall–Kier alpha value is -1.64. The van der Waals surface area contributed by atoms with Crippen LogP contribution in [-0.2, 0) is 12.8 Å². The van der Waals surface area contributed by atoms with Crippen LogP contribution in [0.4, 0.5) is 0 Å². The fourth-order valence-corrected chi connectivity index (χ4v) is 1.92. The molecule has 0 amide bonds. The minimum absolute atomic E-state index is 0.838. The molecule has 0 saturated carbocycles. The molecule has 0 fully saturated rings.